The van der Waals surface area contributed by atoms with E-state index in [9.17, 15) is 0 Å². The molecule has 0 radical (unpaired) electrons. The third-order valence-corrected chi connectivity index (χ3v) is 2.87. The zero-order valence-electron chi connectivity index (χ0n) is 10.8. The van der Waals surface area contributed by atoms with E-state index in [1.54, 1.807) is 0 Å². The van der Waals surface area contributed by atoms with Gasteiger partial charge in [-0.25, -0.2) is 0 Å². The van der Waals surface area contributed by atoms with Crippen LogP contribution in [0, 0.1) is 0 Å². The molecule has 16 heavy (non-hydrogen) atoms. The molecule has 0 fully saturated rings. The molecule has 0 aromatic heterocycles. The van der Waals surface area contributed by atoms with Crippen LogP contribution in [-0.4, -0.2) is 50.1 Å². The zero-order valence-corrected chi connectivity index (χ0v) is 10.8. The van der Waals surface area contributed by atoms with Crippen molar-refractivity contribution in [2.45, 2.75) is 13.3 Å². The van der Waals surface area contributed by atoms with Gasteiger partial charge in [-0.1, -0.05) is 37.3 Å². The first-order chi connectivity index (χ1) is 7.72. The molecule has 1 aromatic rings. The summed E-state index contributed by atoms with van der Waals surface area (Å²) in [5, 5.41) is 0. The van der Waals surface area contributed by atoms with Crippen LogP contribution in [0.2, 0.25) is 0 Å². The first-order valence-corrected chi connectivity index (χ1v) is 6.13. The molecule has 0 saturated heterocycles. The van der Waals surface area contributed by atoms with Crippen molar-refractivity contribution in [3.63, 3.8) is 0 Å². The van der Waals surface area contributed by atoms with Crippen LogP contribution in [0.25, 0.3) is 0 Å². The number of hydrogen-bond donors (Lipinski definition) is 0. The van der Waals surface area contributed by atoms with Crippen molar-refractivity contribution in [3.05, 3.63) is 35.9 Å². The third-order valence-electron chi connectivity index (χ3n) is 2.87. The molecule has 0 atom stereocenters. The lowest BCUT2D eigenvalue weighted by Gasteiger charge is -2.22. The highest BCUT2D eigenvalue weighted by Gasteiger charge is 2.02. The topological polar surface area (TPSA) is 6.48 Å². The average molecular weight is 220 g/mol. The van der Waals surface area contributed by atoms with E-state index in [0.29, 0.717) is 0 Å². The second kappa shape index (κ2) is 7.42. The quantitative estimate of drug-likeness (QED) is 0.694. The smallest absolute Gasteiger partial charge is 0.0109 e. The fourth-order valence-electron chi connectivity index (χ4n) is 1.70. The Morgan fingerprint density at radius 1 is 0.938 bits per heavy atom. The highest BCUT2D eigenvalue weighted by atomic mass is 15.2. The predicted molar refractivity (Wildman–Crippen MR) is 70.8 cm³/mol. The number of hydrogen-bond acceptors (Lipinski definition) is 2. The molecule has 0 bridgehead atoms. The molecule has 0 aliphatic rings. The summed E-state index contributed by atoms with van der Waals surface area (Å²) in [6, 6.07) is 10.7. The van der Waals surface area contributed by atoms with Crippen LogP contribution in [-0.2, 0) is 6.42 Å². The minimum atomic E-state index is 1.14. The molecule has 90 valence electrons. The van der Waals surface area contributed by atoms with Gasteiger partial charge in [-0.2, -0.15) is 0 Å². The van der Waals surface area contributed by atoms with Crippen molar-refractivity contribution in [2.75, 3.05) is 40.3 Å². The van der Waals surface area contributed by atoms with Gasteiger partial charge in [0.1, 0.15) is 0 Å². The predicted octanol–water partition coefficient (Wildman–Crippen LogP) is 2.11. The second-order valence-corrected chi connectivity index (χ2v) is 4.47. The minimum Gasteiger partial charge on any atom is -0.308 e. The van der Waals surface area contributed by atoms with E-state index >= 15 is 0 Å². The Labute approximate surface area is 99.9 Å². The van der Waals surface area contributed by atoms with E-state index in [1.807, 2.05) is 0 Å². The summed E-state index contributed by atoms with van der Waals surface area (Å²) in [5.74, 6) is 0. The summed E-state index contributed by atoms with van der Waals surface area (Å²) in [5.41, 5.74) is 1.44. The van der Waals surface area contributed by atoms with Crippen LogP contribution in [0.3, 0.4) is 0 Å². The first kappa shape index (κ1) is 13.2. The number of benzene rings is 1. The molecule has 0 spiro atoms. The van der Waals surface area contributed by atoms with Crippen molar-refractivity contribution in [3.8, 4) is 0 Å². The van der Waals surface area contributed by atoms with Gasteiger partial charge in [0, 0.05) is 19.6 Å². The minimum absolute atomic E-state index is 1.14. The number of nitrogens with zero attached hydrogens (tertiary/aromatic N) is 2. The van der Waals surface area contributed by atoms with Crippen LogP contribution in [0.1, 0.15) is 12.5 Å². The van der Waals surface area contributed by atoms with Gasteiger partial charge in [-0.3, -0.25) is 0 Å². The van der Waals surface area contributed by atoms with Gasteiger partial charge < -0.3 is 9.80 Å². The summed E-state index contributed by atoms with van der Waals surface area (Å²) >= 11 is 0. The van der Waals surface area contributed by atoms with E-state index in [4.69, 9.17) is 0 Å². The molecular weight excluding hydrogens is 196 g/mol. The Morgan fingerprint density at radius 3 is 2.19 bits per heavy atom. The van der Waals surface area contributed by atoms with Gasteiger partial charge in [0.15, 0.2) is 0 Å². The van der Waals surface area contributed by atoms with Crippen molar-refractivity contribution >= 4 is 0 Å². The molecule has 0 aliphatic carbocycles. The maximum atomic E-state index is 2.51. The van der Waals surface area contributed by atoms with Gasteiger partial charge >= 0.3 is 0 Å². The molecule has 0 N–H and O–H groups in total. The van der Waals surface area contributed by atoms with E-state index in [2.05, 4.69) is 61.2 Å². The molecule has 0 heterocycles. The molecule has 2 heteroatoms. The summed E-state index contributed by atoms with van der Waals surface area (Å²) in [6.07, 6.45) is 1.15. The van der Waals surface area contributed by atoms with Crippen molar-refractivity contribution in [1.82, 2.24) is 9.80 Å². The molecular formula is C14H24N2. The standard InChI is InChI=1S/C14H24N2/c1-4-16(13-12-15(2)3)11-10-14-8-6-5-7-9-14/h5-9H,4,10-13H2,1-3H3. The Kier molecular flexibility index (Phi) is 6.12. The van der Waals surface area contributed by atoms with Crippen LogP contribution >= 0.6 is 0 Å². The van der Waals surface area contributed by atoms with Crippen LogP contribution in [0.5, 0.6) is 0 Å². The average Bonchev–Trinajstić information content (AvgIpc) is 2.30. The molecule has 2 nitrogen and oxygen atoms in total. The van der Waals surface area contributed by atoms with Crippen LogP contribution in [0.4, 0.5) is 0 Å². The largest absolute Gasteiger partial charge is 0.308 e. The fourth-order valence-corrected chi connectivity index (χ4v) is 1.70. The lowest BCUT2D eigenvalue weighted by Crippen LogP contribution is -2.33. The Bertz CT molecular complexity index is 269. The molecule has 0 amide bonds. The van der Waals surface area contributed by atoms with E-state index in [-0.39, 0.29) is 0 Å². The third kappa shape index (κ3) is 5.29. The first-order valence-electron chi connectivity index (χ1n) is 6.13. The molecule has 0 saturated carbocycles. The Hall–Kier alpha value is -0.860. The summed E-state index contributed by atoms with van der Waals surface area (Å²) in [4.78, 5) is 4.75. The highest BCUT2D eigenvalue weighted by molar-refractivity contribution is 5.14. The van der Waals surface area contributed by atoms with Gasteiger partial charge in [0.25, 0.3) is 0 Å². The maximum absolute atomic E-state index is 2.51. The summed E-state index contributed by atoms with van der Waals surface area (Å²) in [6.45, 7) is 6.84. The van der Waals surface area contributed by atoms with Crippen molar-refractivity contribution in [2.24, 2.45) is 0 Å². The van der Waals surface area contributed by atoms with Gasteiger partial charge in [-0.15, -0.1) is 0 Å². The lowest BCUT2D eigenvalue weighted by molar-refractivity contribution is 0.253. The highest BCUT2D eigenvalue weighted by Crippen LogP contribution is 2.01. The SMILES string of the molecule is CCN(CCc1ccccc1)CCN(C)C. The second-order valence-electron chi connectivity index (χ2n) is 4.47. The molecule has 0 unspecified atom stereocenters. The summed E-state index contributed by atoms with van der Waals surface area (Å²) < 4.78 is 0. The number of rotatable bonds is 7. The number of likely N-dealkylation sites (N-methyl/N-ethyl adjacent to an activating group) is 2. The molecule has 1 aromatic carbocycles. The lowest BCUT2D eigenvalue weighted by atomic mass is 10.1. The fraction of sp³-hybridized carbons (Fsp3) is 0.571. The van der Waals surface area contributed by atoms with Gasteiger partial charge in [0.05, 0.1) is 0 Å². The normalized spacial score (nSPS) is 11.3. The summed E-state index contributed by atoms with van der Waals surface area (Å²) in [7, 11) is 4.26. The van der Waals surface area contributed by atoms with E-state index in [1.165, 1.54) is 5.56 Å². The molecule has 1 rings (SSSR count). The maximum Gasteiger partial charge on any atom is 0.0109 e. The van der Waals surface area contributed by atoms with Crippen molar-refractivity contribution in [1.29, 1.82) is 0 Å². The van der Waals surface area contributed by atoms with E-state index in [0.717, 1.165) is 32.6 Å². The van der Waals surface area contributed by atoms with Gasteiger partial charge in [0.2, 0.25) is 0 Å². The van der Waals surface area contributed by atoms with E-state index < -0.39 is 0 Å². The van der Waals surface area contributed by atoms with Crippen LogP contribution < -0.4 is 0 Å². The van der Waals surface area contributed by atoms with Crippen LogP contribution in [0.15, 0.2) is 30.3 Å². The zero-order chi connectivity index (χ0) is 11.8. The van der Waals surface area contributed by atoms with Gasteiger partial charge in [-0.05, 0) is 32.6 Å². The van der Waals surface area contributed by atoms with Crippen molar-refractivity contribution < 1.29 is 0 Å². The molecule has 0 aliphatic heterocycles. The monoisotopic (exact) mass is 220 g/mol. The Morgan fingerprint density at radius 2 is 1.62 bits per heavy atom. The Balaban J connectivity index is 2.28.